The Kier molecular flexibility index (Phi) is 4.55. The van der Waals surface area contributed by atoms with Crippen LogP contribution in [0, 0.1) is 6.92 Å². The number of aliphatic hydroxyl groups is 2. The maximum Gasteiger partial charge on any atom is 0.125 e. The lowest BCUT2D eigenvalue weighted by molar-refractivity contribution is 0.258. The quantitative estimate of drug-likeness (QED) is 0.866. The van der Waals surface area contributed by atoms with Gasteiger partial charge >= 0.3 is 0 Å². The topological polar surface area (TPSA) is 49.7 Å². The molecule has 0 heterocycles. The summed E-state index contributed by atoms with van der Waals surface area (Å²) in [6.07, 6.45) is 0. The highest BCUT2D eigenvalue weighted by atomic mass is 16.5. The Balaban J connectivity index is 2.05. The van der Waals surface area contributed by atoms with Crippen molar-refractivity contribution in [2.24, 2.45) is 0 Å². The molecule has 0 bridgehead atoms. The number of aryl methyl sites for hydroxylation is 1. The van der Waals surface area contributed by atoms with Crippen molar-refractivity contribution in [3.8, 4) is 5.75 Å². The van der Waals surface area contributed by atoms with E-state index < -0.39 is 0 Å². The van der Waals surface area contributed by atoms with Crippen LogP contribution in [0.3, 0.4) is 0 Å². The fourth-order valence-electron chi connectivity index (χ4n) is 1.87. The summed E-state index contributed by atoms with van der Waals surface area (Å²) in [5.74, 6) is 0.708. The third-order valence-corrected chi connectivity index (χ3v) is 2.99. The maximum absolute atomic E-state index is 9.30. The number of ether oxygens (including phenoxy) is 1. The lowest BCUT2D eigenvalue weighted by Crippen LogP contribution is -1.99. The van der Waals surface area contributed by atoms with E-state index in [1.807, 2.05) is 49.4 Å². The van der Waals surface area contributed by atoms with Crippen LogP contribution in [0.4, 0.5) is 0 Å². The Bertz CT molecular complexity index is 532. The van der Waals surface area contributed by atoms with Gasteiger partial charge in [-0.05, 0) is 24.1 Å². The highest BCUT2D eigenvalue weighted by Crippen LogP contribution is 2.21. The summed E-state index contributed by atoms with van der Waals surface area (Å²) in [7, 11) is 0. The van der Waals surface area contributed by atoms with Crippen molar-refractivity contribution in [1.82, 2.24) is 0 Å². The smallest absolute Gasteiger partial charge is 0.125 e. The van der Waals surface area contributed by atoms with Crippen LogP contribution in [-0.4, -0.2) is 10.2 Å². The van der Waals surface area contributed by atoms with Crippen molar-refractivity contribution in [3.63, 3.8) is 0 Å². The van der Waals surface area contributed by atoms with E-state index in [0.717, 1.165) is 22.3 Å². The first-order chi connectivity index (χ1) is 9.22. The summed E-state index contributed by atoms with van der Waals surface area (Å²) in [4.78, 5) is 0. The second kappa shape index (κ2) is 6.36. The minimum absolute atomic E-state index is 0.0273. The van der Waals surface area contributed by atoms with Crippen molar-refractivity contribution in [1.29, 1.82) is 0 Å². The number of benzene rings is 2. The molecule has 0 aliphatic heterocycles. The predicted octanol–water partition coefficient (Wildman–Crippen LogP) is 2.56. The van der Waals surface area contributed by atoms with Gasteiger partial charge in [0.1, 0.15) is 12.4 Å². The summed E-state index contributed by atoms with van der Waals surface area (Å²) < 4.78 is 5.72. The van der Waals surface area contributed by atoms with Crippen molar-refractivity contribution in [2.45, 2.75) is 26.7 Å². The molecule has 0 saturated heterocycles. The van der Waals surface area contributed by atoms with E-state index in [9.17, 15) is 5.11 Å². The minimum Gasteiger partial charge on any atom is -0.489 e. The Morgan fingerprint density at radius 2 is 1.58 bits per heavy atom. The summed E-state index contributed by atoms with van der Waals surface area (Å²) in [6, 6.07) is 13.4. The Hall–Kier alpha value is -1.84. The molecule has 0 unspecified atom stereocenters. The van der Waals surface area contributed by atoms with E-state index in [2.05, 4.69) is 0 Å². The van der Waals surface area contributed by atoms with Gasteiger partial charge in [0.05, 0.1) is 13.2 Å². The lowest BCUT2D eigenvalue weighted by Gasteiger charge is -2.11. The predicted molar refractivity (Wildman–Crippen MR) is 73.8 cm³/mol. The Labute approximate surface area is 113 Å². The third kappa shape index (κ3) is 3.56. The molecule has 2 aromatic rings. The van der Waals surface area contributed by atoms with E-state index in [-0.39, 0.29) is 13.2 Å². The molecule has 0 fully saturated rings. The molecule has 0 aliphatic carbocycles. The molecule has 2 rings (SSSR count). The monoisotopic (exact) mass is 258 g/mol. The molecule has 0 saturated carbocycles. The highest BCUT2D eigenvalue weighted by Gasteiger charge is 2.03. The molecule has 100 valence electrons. The number of aliphatic hydroxyl groups excluding tert-OH is 2. The van der Waals surface area contributed by atoms with Crippen molar-refractivity contribution in [2.75, 3.05) is 0 Å². The summed E-state index contributed by atoms with van der Waals surface area (Å²) in [6.45, 7) is 2.45. The molecular formula is C16H18O3. The first-order valence-corrected chi connectivity index (χ1v) is 6.25. The van der Waals surface area contributed by atoms with Crippen LogP contribution in [0.15, 0.2) is 42.5 Å². The first kappa shape index (κ1) is 13.6. The molecular weight excluding hydrogens is 240 g/mol. The number of hydrogen-bond donors (Lipinski definition) is 2. The zero-order valence-corrected chi connectivity index (χ0v) is 11.0. The summed E-state index contributed by atoms with van der Waals surface area (Å²) >= 11 is 0. The Morgan fingerprint density at radius 3 is 2.21 bits per heavy atom. The zero-order valence-electron chi connectivity index (χ0n) is 11.0. The fraction of sp³-hybridized carbons (Fsp3) is 0.250. The van der Waals surface area contributed by atoms with Crippen molar-refractivity contribution in [3.05, 3.63) is 64.7 Å². The zero-order chi connectivity index (χ0) is 13.7. The van der Waals surface area contributed by atoms with Gasteiger partial charge in [0.25, 0.3) is 0 Å². The molecule has 0 spiro atoms. The molecule has 0 aromatic heterocycles. The van der Waals surface area contributed by atoms with Crippen LogP contribution in [0.25, 0.3) is 0 Å². The number of hydrogen-bond acceptors (Lipinski definition) is 3. The lowest BCUT2D eigenvalue weighted by atomic mass is 10.1. The van der Waals surface area contributed by atoms with Crippen LogP contribution < -0.4 is 4.74 Å². The van der Waals surface area contributed by atoms with Crippen molar-refractivity contribution >= 4 is 0 Å². The van der Waals surface area contributed by atoms with Gasteiger partial charge in [-0.15, -0.1) is 0 Å². The average molecular weight is 258 g/mol. The number of rotatable bonds is 5. The standard InChI is InChI=1S/C16H18O3/c1-12-2-7-16(15(8-12)10-18)19-11-14-5-3-13(9-17)4-6-14/h2-8,17-18H,9-11H2,1H3. The molecule has 0 atom stereocenters. The van der Waals surface area contributed by atoms with Crippen molar-refractivity contribution < 1.29 is 14.9 Å². The molecule has 19 heavy (non-hydrogen) atoms. The van der Waals surface area contributed by atoms with Gasteiger partial charge in [0.2, 0.25) is 0 Å². The van der Waals surface area contributed by atoms with Crippen LogP contribution in [0.2, 0.25) is 0 Å². The van der Waals surface area contributed by atoms with Gasteiger partial charge in [-0.1, -0.05) is 42.0 Å². The fourth-order valence-corrected chi connectivity index (χ4v) is 1.87. The van der Waals surface area contributed by atoms with E-state index in [1.54, 1.807) is 0 Å². The van der Waals surface area contributed by atoms with Crippen LogP contribution in [0.5, 0.6) is 5.75 Å². The van der Waals surface area contributed by atoms with Gasteiger partial charge in [0, 0.05) is 5.56 Å². The van der Waals surface area contributed by atoms with Gasteiger partial charge in [-0.3, -0.25) is 0 Å². The first-order valence-electron chi connectivity index (χ1n) is 6.25. The molecule has 2 aromatic carbocycles. The summed E-state index contributed by atoms with van der Waals surface area (Å²) in [5, 5.41) is 18.3. The highest BCUT2D eigenvalue weighted by molar-refractivity contribution is 5.36. The molecule has 0 radical (unpaired) electrons. The molecule has 3 nitrogen and oxygen atoms in total. The van der Waals surface area contributed by atoms with Gasteiger partial charge in [-0.2, -0.15) is 0 Å². The van der Waals surface area contributed by atoms with Crippen LogP contribution in [0.1, 0.15) is 22.3 Å². The molecule has 0 aliphatic rings. The maximum atomic E-state index is 9.30. The molecule has 2 N–H and O–H groups in total. The molecule has 3 heteroatoms. The van der Waals surface area contributed by atoms with Gasteiger partial charge < -0.3 is 14.9 Å². The Morgan fingerprint density at radius 1 is 0.895 bits per heavy atom. The SMILES string of the molecule is Cc1ccc(OCc2ccc(CO)cc2)c(CO)c1. The van der Waals surface area contributed by atoms with Gasteiger partial charge in [-0.25, -0.2) is 0 Å². The normalized spacial score (nSPS) is 10.5. The van der Waals surface area contributed by atoms with E-state index in [0.29, 0.717) is 12.4 Å². The molecule has 0 amide bonds. The van der Waals surface area contributed by atoms with Crippen LogP contribution in [-0.2, 0) is 19.8 Å². The second-order valence-electron chi connectivity index (χ2n) is 4.53. The van der Waals surface area contributed by atoms with E-state index >= 15 is 0 Å². The average Bonchev–Trinajstić information content (AvgIpc) is 2.46. The largest absolute Gasteiger partial charge is 0.489 e. The second-order valence-corrected chi connectivity index (χ2v) is 4.53. The summed E-state index contributed by atoms with van der Waals surface area (Å²) in [5.41, 5.74) is 3.81. The van der Waals surface area contributed by atoms with Crippen LogP contribution >= 0.6 is 0 Å². The van der Waals surface area contributed by atoms with Gasteiger partial charge in [0.15, 0.2) is 0 Å². The minimum atomic E-state index is -0.0273. The van der Waals surface area contributed by atoms with E-state index in [4.69, 9.17) is 9.84 Å². The van der Waals surface area contributed by atoms with E-state index in [1.165, 1.54) is 0 Å². The third-order valence-electron chi connectivity index (χ3n) is 2.99.